The third-order valence-electron chi connectivity index (χ3n) is 4.84. The average Bonchev–Trinajstić information content (AvgIpc) is 2.73. The molecule has 3 aromatic carbocycles. The van der Waals surface area contributed by atoms with E-state index in [1.165, 1.54) is 6.07 Å². The van der Waals surface area contributed by atoms with Crippen LogP contribution >= 0.6 is 12.4 Å². The smallest absolute Gasteiger partial charge is 0.258 e. The van der Waals surface area contributed by atoms with Crippen LogP contribution in [0.1, 0.15) is 11.4 Å². The molecule has 0 saturated heterocycles. The van der Waals surface area contributed by atoms with E-state index in [9.17, 15) is 10.1 Å². The third kappa shape index (κ3) is 3.34. The highest BCUT2D eigenvalue weighted by molar-refractivity contribution is 6.17. The monoisotopic (exact) mass is 402 g/mol. The van der Waals surface area contributed by atoms with Crippen LogP contribution in [-0.2, 0) is 6.42 Å². The van der Waals surface area contributed by atoms with Gasteiger partial charge in [-0.3, -0.25) is 15.1 Å². The quantitative estimate of drug-likeness (QED) is 0.234. The van der Waals surface area contributed by atoms with Crippen molar-refractivity contribution < 1.29 is 4.92 Å². The number of fused-ring (bicyclic) bond motifs is 5. The maximum absolute atomic E-state index is 11.0. The number of nitro benzene ring substituents is 1. The Bertz CT molecular complexity index is 1380. The fourth-order valence-electron chi connectivity index (χ4n) is 3.52. The van der Waals surface area contributed by atoms with E-state index in [1.54, 1.807) is 18.3 Å². The molecule has 0 unspecified atom stereocenters. The van der Waals surface area contributed by atoms with Crippen LogP contribution < -0.4 is 0 Å². The third-order valence-corrected chi connectivity index (χ3v) is 4.84. The molecule has 0 radical (unpaired) electrons. The van der Waals surface area contributed by atoms with E-state index in [-0.39, 0.29) is 18.1 Å². The molecule has 0 bridgehead atoms. The summed E-state index contributed by atoms with van der Waals surface area (Å²) in [6.45, 7) is 0. The molecular formula is C22H15ClN4O2. The number of hydrogen-bond donors (Lipinski definition) is 0. The number of hydrogen-bond acceptors (Lipinski definition) is 5. The van der Waals surface area contributed by atoms with Gasteiger partial charge in [0.15, 0.2) is 0 Å². The average molecular weight is 403 g/mol. The number of rotatable bonds is 3. The van der Waals surface area contributed by atoms with Gasteiger partial charge in [0.25, 0.3) is 5.69 Å². The second-order valence-corrected chi connectivity index (χ2v) is 6.63. The molecule has 0 fully saturated rings. The molecule has 0 amide bonds. The summed E-state index contributed by atoms with van der Waals surface area (Å²) in [5.74, 6) is 0.619. The first-order chi connectivity index (χ1) is 13.7. The first-order valence-corrected chi connectivity index (χ1v) is 8.84. The SMILES string of the molecule is Cl.O=[N+]([O-])c1cccc(Cc2ncc3ccc4ncc5ccccc5c4c3n2)c1. The van der Waals surface area contributed by atoms with Crippen LogP contribution in [0.15, 0.2) is 73.1 Å². The molecule has 2 heterocycles. The maximum atomic E-state index is 11.0. The van der Waals surface area contributed by atoms with Gasteiger partial charge in [-0.15, -0.1) is 12.4 Å². The van der Waals surface area contributed by atoms with E-state index in [2.05, 4.69) is 16.0 Å². The zero-order chi connectivity index (χ0) is 19.1. The Morgan fingerprint density at radius 2 is 1.72 bits per heavy atom. The number of halogens is 1. The molecule has 6 nitrogen and oxygen atoms in total. The van der Waals surface area contributed by atoms with Crippen molar-refractivity contribution in [3.8, 4) is 0 Å². The number of benzene rings is 3. The van der Waals surface area contributed by atoms with Crippen LogP contribution in [0.5, 0.6) is 0 Å². The van der Waals surface area contributed by atoms with Crippen LogP contribution in [0.25, 0.3) is 32.6 Å². The first kappa shape index (κ1) is 18.7. The van der Waals surface area contributed by atoms with E-state index < -0.39 is 4.92 Å². The summed E-state index contributed by atoms with van der Waals surface area (Å²) in [6.07, 6.45) is 4.09. The van der Waals surface area contributed by atoms with Gasteiger partial charge < -0.3 is 0 Å². The topological polar surface area (TPSA) is 81.8 Å². The molecule has 5 rings (SSSR count). The Morgan fingerprint density at radius 1 is 0.897 bits per heavy atom. The molecule has 142 valence electrons. The summed E-state index contributed by atoms with van der Waals surface area (Å²) < 4.78 is 0. The van der Waals surface area contributed by atoms with Crippen LogP contribution in [0.4, 0.5) is 5.69 Å². The minimum Gasteiger partial charge on any atom is -0.258 e. The molecular weight excluding hydrogens is 388 g/mol. The van der Waals surface area contributed by atoms with Crippen molar-refractivity contribution in [3.63, 3.8) is 0 Å². The molecule has 5 aromatic rings. The Balaban J connectivity index is 0.00000205. The van der Waals surface area contributed by atoms with Crippen LogP contribution in [-0.4, -0.2) is 19.9 Å². The van der Waals surface area contributed by atoms with Gasteiger partial charge in [-0.2, -0.15) is 0 Å². The molecule has 2 aromatic heterocycles. The lowest BCUT2D eigenvalue weighted by molar-refractivity contribution is -0.384. The molecule has 0 aliphatic rings. The highest BCUT2D eigenvalue weighted by Gasteiger charge is 2.11. The summed E-state index contributed by atoms with van der Waals surface area (Å²) in [4.78, 5) is 24.5. The number of pyridine rings is 1. The summed E-state index contributed by atoms with van der Waals surface area (Å²) in [5.41, 5.74) is 2.60. The minimum atomic E-state index is -0.393. The molecule has 0 atom stereocenters. The van der Waals surface area contributed by atoms with Crippen molar-refractivity contribution >= 4 is 50.7 Å². The molecule has 29 heavy (non-hydrogen) atoms. The lowest BCUT2D eigenvalue weighted by Gasteiger charge is -2.08. The summed E-state index contributed by atoms with van der Waals surface area (Å²) in [7, 11) is 0. The Labute approximate surface area is 171 Å². The minimum absolute atomic E-state index is 0. The van der Waals surface area contributed by atoms with E-state index in [4.69, 9.17) is 4.98 Å². The van der Waals surface area contributed by atoms with Crippen molar-refractivity contribution in [3.05, 3.63) is 94.6 Å². The van der Waals surface area contributed by atoms with Crippen LogP contribution in [0.2, 0.25) is 0 Å². The second-order valence-electron chi connectivity index (χ2n) is 6.63. The van der Waals surface area contributed by atoms with Gasteiger partial charge >= 0.3 is 0 Å². The van der Waals surface area contributed by atoms with Crippen LogP contribution in [0, 0.1) is 10.1 Å². The number of aromatic nitrogens is 3. The molecule has 0 N–H and O–H groups in total. The van der Waals surface area contributed by atoms with Crippen molar-refractivity contribution in [1.29, 1.82) is 0 Å². The Hall–Kier alpha value is -3.64. The predicted molar refractivity (Wildman–Crippen MR) is 115 cm³/mol. The van der Waals surface area contributed by atoms with Gasteiger partial charge in [0, 0.05) is 47.1 Å². The first-order valence-electron chi connectivity index (χ1n) is 8.84. The predicted octanol–water partition coefficient (Wildman–Crippen LogP) is 5.25. The molecule has 7 heteroatoms. The number of nitro groups is 1. The van der Waals surface area contributed by atoms with E-state index in [1.807, 2.05) is 42.6 Å². The summed E-state index contributed by atoms with van der Waals surface area (Å²) in [5, 5.41) is 15.1. The summed E-state index contributed by atoms with van der Waals surface area (Å²) in [6, 6.07) is 18.6. The highest BCUT2D eigenvalue weighted by Crippen LogP contribution is 2.29. The van der Waals surface area contributed by atoms with Gasteiger partial charge in [-0.25, -0.2) is 9.97 Å². The standard InChI is InChI=1S/C22H14N4O2.ClH/c27-26(28)17-6-3-4-14(10-17)11-20-24-13-16-8-9-19-21(22(16)25-20)18-7-2-1-5-15(18)12-23-19;/h1-10,12-13H,11H2;1H. The van der Waals surface area contributed by atoms with E-state index >= 15 is 0 Å². The zero-order valence-corrected chi connectivity index (χ0v) is 16.0. The normalized spacial score (nSPS) is 10.9. The number of non-ortho nitro benzene ring substituents is 1. The van der Waals surface area contributed by atoms with Gasteiger partial charge in [-0.1, -0.05) is 36.4 Å². The Morgan fingerprint density at radius 3 is 2.59 bits per heavy atom. The van der Waals surface area contributed by atoms with Gasteiger partial charge in [0.1, 0.15) is 5.82 Å². The fourth-order valence-corrected chi connectivity index (χ4v) is 3.52. The van der Waals surface area contributed by atoms with Crippen molar-refractivity contribution in [2.45, 2.75) is 6.42 Å². The second kappa shape index (κ2) is 7.41. The van der Waals surface area contributed by atoms with Gasteiger partial charge in [0.05, 0.1) is 16.0 Å². The zero-order valence-electron chi connectivity index (χ0n) is 15.1. The largest absolute Gasteiger partial charge is 0.269 e. The Kier molecular flexibility index (Phi) is 4.78. The van der Waals surface area contributed by atoms with Crippen molar-refractivity contribution in [1.82, 2.24) is 15.0 Å². The van der Waals surface area contributed by atoms with Gasteiger partial charge in [0.2, 0.25) is 0 Å². The highest BCUT2D eigenvalue weighted by atomic mass is 35.5. The molecule has 0 aliphatic carbocycles. The fraction of sp³-hybridized carbons (Fsp3) is 0.0455. The summed E-state index contributed by atoms with van der Waals surface area (Å²) >= 11 is 0. The lowest BCUT2D eigenvalue weighted by Crippen LogP contribution is -1.98. The van der Waals surface area contributed by atoms with Crippen molar-refractivity contribution in [2.24, 2.45) is 0 Å². The van der Waals surface area contributed by atoms with Crippen LogP contribution in [0.3, 0.4) is 0 Å². The number of nitrogens with zero attached hydrogens (tertiary/aromatic N) is 4. The maximum Gasteiger partial charge on any atom is 0.269 e. The van der Waals surface area contributed by atoms with E-state index in [0.717, 1.165) is 38.1 Å². The van der Waals surface area contributed by atoms with Gasteiger partial charge in [-0.05, 0) is 23.1 Å². The molecule has 0 aliphatic heterocycles. The van der Waals surface area contributed by atoms with E-state index in [0.29, 0.717) is 12.2 Å². The van der Waals surface area contributed by atoms with Crippen molar-refractivity contribution in [2.75, 3.05) is 0 Å². The molecule has 0 spiro atoms. The molecule has 0 saturated carbocycles. The lowest BCUT2D eigenvalue weighted by atomic mass is 10.0.